The fraction of sp³-hybridized carbons (Fsp3) is 0.500. The first-order chi connectivity index (χ1) is 8.29. The van der Waals surface area contributed by atoms with E-state index in [2.05, 4.69) is 6.07 Å². The van der Waals surface area contributed by atoms with Crippen LogP contribution in [-0.2, 0) is 11.2 Å². The summed E-state index contributed by atoms with van der Waals surface area (Å²) in [5.74, 6) is 0.912. The van der Waals surface area contributed by atoms with Crippen LogP contribution in [0.4, 0.5) is 0 Å². The first kappa shape index (κ1) is 11.9. The monoisotopic (exact) mass is 231 g/mol. The molecule has 0 N–H and O–H groups in total. The van der Waals surface area contributed by atoms with Crippen molar-refractivity contribution in [2.45, 2.75) is 19.8 Å². The molecule has 3 nitrogen and oxygen atoms in total. The number of benzene rings is 1. The molecule has 0 radical (unpaired) electrons. The van der Waals surface area contributed by atoms with Gasteiger partial charge in [0.25, 0.3) is 0 Å². The fourth-order valence-corrected chi connectivity index (χ4v) is 2.12. The molecule has 2 rings (SSSR count). The Labute approximate surface area is 102 Å². The molecule has 1 atom stereocenters. The maximum atomic E-state index is 9.38. The lowest BCUT2D eigenvalue weighted by Crippen LogP contribution is -2.34. The van der Waals surface area contributed by atoms with E-state index >= 15 is 0 Å². The Bertz CT molecular complexity index is 424. The quantitative estimate of drug-likeness (QED) is 0.748. The molecule has 1 heterocycles. The van der Waals surface area contributed by atoms with Gasteiger partial charge in [-0.3, -0.25) is 0 Å². The van der Waals surface area contributed by atoms with Gasteiger partial charge in [-0.2, -0.15) is 5.26 Å². The number of ether oxygens (including phenoxy) is 2. The maximum absolute atomic E-state index is 9.38. The second-order valence-electron chi connectivity index (χ2n) is 4.41. The van der Waals surface area contributed by atoms with Gasteiger partial charge in [0.05, 0.1) is 11.5 Å². The van der Waals surface area contributed by atoms with E-state index in [0.29, 0.717) is 19.8 Å². The summed E-state index contributed by atoms with van der Waals surface area (Å²) in [4.78, 5) is 0. The smallest absolute Gasteiger partial charge is 0.122 e. The summed E-state index contributed by atoms with van der Waals surface area (Å²) in [5, 5.41) is 9.38. The van der Waals surface area contributed by atoms with Gasteiger partial charge in [0.15, 0.2) is 0 Å². The minimum atomic E-state index is -0.427. The Hall–Kier alpha value is -1.53. The van der Waals surface area contributed by atoms with Crippen LogP contribution in [0.5, 0.6) is 5.75 Å². The highest BCUT2D eigenvalue weighted by molar-refractivity contribution is 5.37. The van der Waals surface area contributed by atoms with E-state index in [1.807, 2.05) is 31.2 Å². The highest BCUT2D eigenvalue weighted by Gasteiger charge is 2.35. The number of fused-ring (bicyclic) bond motifs is 1. The number of hydrogen-bond acceptors (Lipinski definition) is 3. The van der Waals surface area contributed by atoms with Crippen LogP contribution < -0.4 is 4.74 Å². The molecule has 1 aromatic rings. The molecule has 0 bridgehead atoms. The maximum Gasteiger partial charge on any atom is 0.122 e. The SMILES string of the molecule is CCOCCC1(C#N)COc2ccccc2C1. The molecule has 1 aliphatic rings. The van der Waals surface area contributed by atoms with Gasteiger partial charge in [0, 0.05) is 13.2 Å². The summed E-state index contributed by atoms with van der Waals surface area (Å²) >= 11 is 0. The van der Waals surface area contributed by atoms with Gasteiger partial charge in [0.2, 0.25) is 0 Å². The number of hydrogen-bond donors (Lipinski definition) is 0. The lowest BCUT2D eigenvalue weighted by molar-refractivity contribution is 0.0886. The first-order valence-corrected chi connectivity index (χ1v) is 5.99. The third-order valence-electron chi connectivity index (χ3n) is 3.17. The first-order valence-electron chi connectivity index (χ1n) is 5.99. The van der Waals surface area contributed by atoms with Gasteiger partial charge >= 0.3 is 0 Å². The van der Waals surface area contributed by atoms with Crippen molar-refractivity contribution in [1.29, 1.82) is 5.26 Å². The van der Waals surface area contributed by atoms with Crippen LogP contribution in [0.2, 0.25) is 0 Å². The minimum Gasteiger partial charge on any atom is -0.492 e. The molecule has 1 aromatic carbocycles. The molecular formula is C14H17NO2. The van der Waals surface area contributed by atoms with Crippen LogP contribution in [0.25, 0.3) is 0 Å². The van der Waals surface area contributed by atoms with E-state index in [4.69, 9.17) is 9.47 Å². The predicted molar refractivity (Wildman–Crippen MR) is 64.8 cm³/mol. The van der Waals surface area contributed by atoms with E-state index < -0.39 is 5.41 Å². The average Bonchev–Trinajstić information content (AvgIpc) is 2.39. The van der Waals surface area contributed by atoms with E-state index in [-0.39, 0.29) is 0 Å². The minimum absolute atomic E-state index is 0.427. The van der Waals surface area contributed by atoms with Crippen molar-refractivity contribution in [3.8, 4) is 11.8 Å². The summed E-state index contributed by atoms with van der Waals surface area (Å²) < 4.78 is 11.0. The van der Waals surface area contributed by atoms with Crippen molar-refractivity contribution in [3.05, 3.63) is 29.8 Å². The zero-order chi connectivity index (χ0) is 12.1. The van der Waals surface area contributed by atoms with Gasteiger partial charge in [-0.25, -0.2) is 0 Å². The van der Waals surface area contributed by atoms with Crippen molar-refractivity contribution in [2.75, 3.05) is 19.8 Å². The summed E-state index contributed by atoms with van der Waals surface area (Å²) in [6, 6.07) is 10.3. The lowest BCUT2D eigenvalue weighted by atomic mass is 9.79. The molecule has 0 amide bonds. The Balaban J connectivity index is 2.10. The molecule has 3 heteroatoms. The summed E-state index contributed by atoms with van der Waals surface area (Å²) in [7, 11) is 0. The van der Waals surface area contributed by atoms with E-state index in [1.165, 1.54) is 0 Å². The summed E-state index contributed by atoms with van der Waals surface area (Å²) in [6.07, 6.45) is 1.48. The topological polar surface area (TPSA) is 42.2 Å². The average molecular weight is 231 g/mol. The van der Waals surface area contributed by atoms with Crippen LogP contribution in [0, 0.1) is 16.7 Å². The van der Waals surface area contributed by atoms with Crippen LogP contribution in [-0.4, -0.2) is 19.8 Å². The highest BCUT2D eigenvalue weighted by Crippen LogP contribution is 2.36. The molecule has 1 unspecified atom stereocenters. The van der Waals surface area contributed by atoms with Crippen LogP contribution in [0.1, 0.15) is 18.9 Å². The van der Waals surface area contributed by atoms with Gasteiger partial charge in [-0.05, 0) is 31.4 Å². The molecule has 17 heavy (non-hydrogen) atoms. The summed E-state index contributed by atoms with van der Waals surface area (Å²) in [5.41, 5.74) is 0.695. The van der Waals surface area contributed by atoms with Crippen LogP contribution in [0.3, 0.4) is 0 Å². The molecule has 0 fully saturated rings. The number of para-hydroxylation sites is 1. The van der Waals surface area contributed by atoms with Crippen molar-refractivity contribution >= 4 is 0 Å². The number of nitrogens with zero attached hydrogens (tertiary/aromatic N) is 1. The molecule has 0 aromatic heterocycles. The molecule has 0 saturated heterocycles. The van der Waals surface area contributed by atoms with Crippen molar-refractivity contribution < 1.29 is 9.47 Å². The van der Waals surface area contributed by atoms with E-state index in [0.717, 1.165) is 24.2 Å². The number of nitriles is 1. The second kappa shape index (κ2) is 5.20. The Kier molecular flexibility index (Phi) is 3.65. The third kappa shape index (κ3) is 2.59. The Morgan fingerprint density at radius 3 is 3.06 bits per heavy atom. The van der Waals surface area contributed by atoms with Crippen LogP contribution >= 0.6 is 0 Å². The molecule has 1 aliphatic heterocycles. The zero-order valence-corrected chi connectivity index (χ0v) is 10.1. The number of rotatable bonds is 4. The Morgan fingerprint density at radius 2 is 2.29 bits per heavy atom. The highest BCUT2D eigenvalue weighted by atomic mass is 16.5. The van der Waals surface area contributed by atoms with Gasteiger partial charge < -0.3 is 9.47 Å². The van der Waals surface area contributed by atoms with Gasteiger partial charge in [0.1, 0.15) is 12.4 Å². The zero-order valence-electron chi connectivity index (χ0n) is 10.1. The lowest BCUT2D eigenvalue weighted by Gasteiger charge is -2.32. The normalized spacial score (nSPS) is 22.4. The van der Waals surface area contributed by atoms with Crippen molar-refractivity contribution in [3.63, 3.8) is 0 Å². The van der Waals surface area contributed by atoms with Crippen LogP contribution in [0.15, 0.2) is 24.3 Å². The second-order valence-corrected chi connectivity index (χ2v) is 4.41. The van der Waals surface area contributed by atoms with Crippen molar-refractivity contribution in [1.82, 2.24) is 0 Å². The fourth-order valence-electron chi connectivity index (χ4n) is 2.12. The summed E-state index contributed by atoms with van der Waals surface area (Å²) in [6.45, 7) is 3.74. The molecule has 0 aliphatic carbocycles. The largest absolute Gasteiger partial charge is 0.492 e. The van der Waals surface area contributed by atoms with E-state index in [1.54, 1.807) is 0 Å². The Morgan fingerprint density at radius 1 is 1.47 bits per heavy atom. The molecule has 0 spiro atoms. The molecule has 90 valence electrons. The standard InChI is InChI=1S/C14H17NO2/c1-2-16-8-7-14(10-15)9-12-5-3-4-6-13(12)17-11-14/h3-6H,2,7-9,11H2,1H3. The molecule has 0 saturated carbocycles. The van der Waals surface area contributed by atoms with E-state index in [9.17, 15) is 5.26 Å². The van der Waals surface area contributed by atoms with Gasteiger partial charge in [-0.1, -0.05) is 18.2 Å². The molecular weight excluding hydrogens is 214 g/mol. The van der Waals surface area contributed by atoms with Gasteiger partial charge in [-0.15, -0.1) is 0 Å². The van der Waals surface area contributed by atoms with Crippen molar-refractivity contribution in [2.24, 2.45) is 5.41 Å². The third-order valence-corrected chi connectivity index (χ3v) is 3.17. The predicted octanol–water partition coefficient (Wildman–Crippen LogP) is 2.56.